The van der Waals surface area contributed by atoms with E-state index >= 15 is 0 Å². The van der Waals surface area contributed by atoms with Crippen molar-refractivity contribution in [3.63, 3.8) is 0 Å². The van der Waals surface area contributed by atoms with E-state index in [1.807, 2.05) is 31.2 Å². The van der Waals surface area contributed by atoms with Gasteiger partial charge in [-0.2, -0.15) is 0 Å². The van der Waals surface area contributed by atoms with Crippen LogP contribution in [0.1, 0.15) is 24.5 Å². The normalized spacial score (nSPS) is 16.0. The monoisotopic (exact) mass is 286 g/mol. The fourth-order valence-electron chi connectivity index (χ4n) is 1.98. The summed E-state index contributed by atoms with van der Waals surface area (Å²) in [5.41, 5.74) is 0.222. The molecule has 1 aromatic rings. The van der Waals surface area contributed by atoms with E-state index in [9.17, 15) is 18.9 Å². The first-order valence-electron chi connectivity index (χ1n) is 5.78. The molecule has 0 N–H and O–H groups in total. The molecule has 0 radical (unpaired) electrons. The Kier molecular flexibility index (Phi) is 6.04. The summed E-state index contributed by atoms with van der Waals surface area (Å²) in [6, 6.07) is 7.43. The zero-order valence-electron chi connectivity index (χ0n) is 10.4. The van der Waals surface area contributed by atoms with Crippen LogP contribution < -0.4 is 9.79 Å². The van der Waals surface area contributed by atoms with Gasteiger partial charge in [0.05, 0.1) is 0 Å². The van der Waals surface area contributed by atoms with Gasteiger partial charge >= 0.3 is 16.1 Å². The van der Waals surface area contributed by atoms with Crippen molar-refractivity contribution in [2.24, 2.45) is 0 Å². The van der Waals surface area contributed by atoms with E-state index in [2.05, 4.69) is 0 Å². The molecule has 18 heavy (non-hydrogen) atoms. The van der Waals surface area contributed by atoms with Crippen molar-refractivity contribution in [3.8, 4) is 0 Å². The Balaban J connectivity index is 2.97. The van der Waals surface area contributed by atoms with E-state index in [4.69, 9.17) is 0 Å². The van der Waals surface area contributed by atoms with Crippen molar-refractivity contribution in [2.75, 3.05) is 0 Å². The fraction of sp³-hybridized carbons (Fsp3) is 0.500. The minimum atomic E-state index is -2.76. The van der Waals surface area contributed by atoms with Gasteiger partial charge in [0, 0.05) is 6.42 Å². The molecule has 0 spiro atoms. The third-order valence-corrected chi connectivity index (χ3v) is 5.68. The van der Waals surface area contributed by atoms with Gasteiger partial charge in [0.2, 0.25) is 5.66 Å². The molecule has 0 fully saturated rings. The van der Waals surface area contributed by atoms with E-state index in [0.717, 1.165) is 11.1 Å². The van der Waals surface area contributed by atoms with Crippen molar-refractivity contribution in [2.45, 2.75) is 38.0 Å². The van der Waals surface area contributed by atoms with Gasteiger partial charge < -0.3 is 9.79 Å². The Bertz CT molecular complexity index is 447. The lowest BCUT2D eigenvalue weighted by molar-refractivity contribution is -0.172. The second-order valence-corrected chi connectivity index (χ2v) is 6.71. The molecule has 0 heterocycles. The van der Waals surface area contributed by atoms with E-state index in [0.29, 0.717) is 6.42 Å². The predicted octanol–water partition coefficient (Wildman–Crippen LogP) is 1.89. The third kappa shape index (κ3) is 3.93. The summed E-state index contributed by atoms with van der Waals surface area (Å²) in [5.74, 6) is 0. The van der Waals surface area contributed by atoms with E-state index in [1.165, 1.54) is 0 Å². The lowest BCUT2D eigenvalue weighted by Crippen LogP contribution is -2.27. The Morgan fingerprint density at radius 3 is 2.11 bits per heavy atom. The lowest BCUT2D eigenvalue weighted by Gasteiger charge is -2.14. The number of rotatable bonds is 6. The molecule has 0 bridgehead atoms. The van der Waals surface area contributed by atoms with Gasteiger partial charge in [0.25, 0.3) is 0 Å². The molecule has 4 nitrogen and oxygen atoms in total. The van der Waals surface area contributed by atoms with Crippen LogP contribution in [0, 0.1) is 6.92 Å². The molecule has 0 aliphatic heterocycles. The van der Waals surface area contributed by atoms with Gasteiger partial charge in [-0.05, 0) is 24.5 Å². The van der Waals surface area contributed by atoms with Crippen LogP contribution in [0.3, 0.4) is 0 Å². The topological polar surface area (TPSA) is 80.3 Å². The Labute approximate surface area is 109 Å². The zero-order valence-corrected chi connectivity index (χ0v) is 12.2. The molecule has 4 atom stereocenters. The average Bonchev–Trinajstić information content (AvgIpc) is 2.30. The van der Waals surface area contributed by atoms with Gasteiger partial charge in [-0.3, -0.25) is 0 Å². The molecule has 4 unspecified atom stereocenters. The molecule has 0 aliphatic carbocycles. The fourth-order valence-corrected chi connectivity index (χ4v) is 4.15. The number of benzene rings is 1. The highest BCUT2D eigenvalue weighted by atomic mass is 31.1. The molecule has 1 rings (SSSR count). The molecule has 0 aliphatic rings. The van der Waals surface area contributed by atoms with Crippen LogP contribution in [0.2, 0.25) is 0 Å². The average molecular weight is 286 g/mol. The zero-order chi connectivity index (χ0) is 13.7. The Morgan fingerprint density at radius 2 is 1.67 bits per heavy atom. The molecule has 0 aromatic heterocycles. The summed E-state index contributed by atoms with van der Waals surface area (Å²) in [6.07, 6.45) is 0.575. The molecular formula is C12H16O4P2. The minimum Gasteiger partial charge on any atom is -0.595 e. The lowest BCUT2D eigenvalue weighted by atomic mass is 10.0. The maximum Gasteiger partial charge on any atom is 0.317 e. The van der Waals surface area contributed by atoms with Crippen LogP contribution in [0.5, 0.6) is 0 Å². The quantitative estimate of drug-likeness (QED) is 0.748. The minimum absolute atomic E-state index is 0.257. The number of aryl methyl sites for hydroxylation is 1. The number of hydrogen-bond acceptors (Lipinski definition) is 4. The summed E-state index contributed by atoms with van der Waals surface area (Å²) in [6.45, 7) is 3.59. The first kappa shape index (κ1) is 15.4. The van der Waals surface area contributed by atoms with Crippen LogP contribution in [-0.2, 0) is 15.6 Å². The highest BCUT2D eigenvalue weighted by Crippen LogP contribution is 2.37. The van der Waals surface area contributed by atoms with Crippen molar-refractivity contribution in [1.29, 1.82) is 0 Å². The first-order chi connectivity index (χ1) is 8.47. The smallest absolute Gasteiger partial charge is 0.317 e. The third-order valence-electron chi connectivity index (χ3n) is 3.09. The molecule has 0 saturated carbocycles. The van der Waals surface area contributed by atoms with Gasteiger partial charge in [-0.1, -0.05) is 40.3 Å². The van der Waals surface area contributed by atoms with Crippen molar-refractivity contribution >= 4 is 16.1 Å². The molecule has 1 aromatic carbocycles. The number of hydrogen-bond donors (Lipinski definition) is 0. The summed E-state index contributed by atoms with van der Waals surface area (Å²) < 4.78 is 22.4. The molecule has 98 valence electrons. The molecule has 0 saturated heterocycles. The van der Waals surface area contributed by atoms with E-state index in [1.54, 1.807) is 6.92 Å². The second kappa shape index (κ2) is 7.06. The highest BCUT2D eigenvalue weighted by Gasteiger charge is 2.39. The second-order valence-electron chi connectivity index (χ2n) is 4.24. The maximum atomic E-state index is 11.3. The van der Waals surface area contributed by atoms with Crippen molar-refractivity contribution in [1.82, 2.24) is 0 Å². The van der Waals surface area contributed by atoms with Gasteiger partial charge in [0.1, 0.15) is 0 Å². The highest BCUT2D eigenvalue weighted by molar-refractivity contribution is 7.42. The first-order valence-corrected chi connectivity index (χ1v) is 8.28. The Morgan fingerprint density at radius 1 is 1.11 bits per heavy atom. The summed E-state index contributed by atoms with van der Waals surface area (Å²) in [7, 11) is -5.49. The largest absolute Gasteiger partial charge is 0.595 e. The SMILES string of the molecule is CCC(C(Cc1ccccc1C)[P+](=O)[O-])[P+](=O)[O-]. The molecular weight excluding hydrogens is 270 g/mol. The molecule has 6 heteroatoms. The standard InChI is InChI=1S/C12H16O4P2/c1-3-11(17(13)14)12(18(15)16)8-10-7-5-4-6-9(10)2/h4-7,11-12H,3,8H2,1-2H3. The van der Waals surface area contributed by atoms with Crippen molar-refractivity contribution < 1.29 is 18.9 Å². The van der Waals surface area contributed by atoms with Gasteiger partial charge in [0.15, 0.2) is 5.66 Å². The van der Waals surface area contributed by atoms with Crippen molar-refractivity contribution in [3.05, 3.63) is 35.4 Å². The van der Waals surface area contributed by atoms with Crippen LogP contribution >= 0.6 is 16.1 Å². The Hall–Kier alpha value is -0.660. The maximum absolute atomic E-state index is 11.3. The predicted molar refractivity (Wildman–Crippen MR) is 68.0 cm³/mol. The molecule has 0 amide bonds. The van der Waals surface area contributed by atoms with Crippen LogP contribution in [0.25, 0.3) is 0 Å². The van der Waals surface area contributed by atoms with E-state index in [-0.39, 0.29) is 6.42 Å². The summed E-state index contributed by atoms with van der Waals surface area (Å²) >= 11 is 0. The van der Waals surface area contributed by atoms with Crippen LogP contribution in [0.4, 0.5) is 0 Å². The van der Waals surface area contributed by atoms with Crippen LogP contribution in [0.15, 0.2) is 24.3 Å². The summed E-state index contributed by atoms with van der Waals surface area (Å²) in [4.78, 5) is 22.4. The van der Waals surface area contributed by atoms with E-state index < -0.39 is 27.4 Å². The van der Waals surface area contributed by atoms with Crippen LogP contribution in [-0.4, -0.2) is 11.3 Å². The van der Waals surface area contributed by atoms with Gasteiger partial charge in [-0.15, -0.1) is 0 Å². The summed E-state index contributed by atoms with van der Waals surface area (Å²) in [5, 5.41) is 0. The van der Waals surface area contributed by atoms with Gasteiger partial charge in [-0.25, -0.2) is 0 Å².